The molecule has 8 nitrogen and oxygen atoms in total. The highest BCUT2D eigenvalue weighted by molar-refractivity contribution is 7.10. The number of rotatable bonds is 8. The van der Waals surface area contributed by atoms with E-state index in [9.17, 15) is 19.7 Å². The summed E-state index contributed by atoms with van der Waals surface area (Å²) in [5, 5.41) is 16.2. The van der Waals surface area contributed by atoms with E-state index in [1.54, 1.807) is 18.3 Å². The largest absolute Gasteiger partial charge is 0.462 e. The number of hydrogen-bond donors (Lipinski definition) is 1. The molecule has 1 unspecified atom stereocenters. The smallest absolute Gasteiger partial charge is 0.338 e. The van der Waals surface area contributed by atoms with E-state index >= 15 is 0 Å². The summed E-state index contributed by atoms with van der Waals surface area (Å²) >= 11 is 1.65. The molecule has 1 N–H and O–H groups in total. The van der Waals surface area contributed by atoms with Crippen LogP contribution in [0.3, 0.4) is 0 Å². The van der Waals surface area contributed by atoms with Crippen LogP contribution in [0.25, 0.3) is 0 Å². The third kappa shape index (κ3) is 5.89. The predicted molar refractivity (Wildman–Crippen MR) is 118 cm³/mol. The van der Waals surface area contributed by atoms with Crippen molar-refractivity contribution in [2.24, 2.45) is 5.92 Å². The molecule has 2 aromatic rings. The number of likely N-dealkylation sites (tertiary alicyclic amines) is 1. The zero-order valence-electron chi connectivity index (χ0n) is 17.7. The van der Waals surface area contributed by atoms with Gasteiger partial charge in [-0.15, -0.1) is 11.3 Å². The van der Waals surface area contributed by atoms with E-state index < -0.39 is 16.8 Å². The molecule has 0 aliphatic carbocycles. The van der Waals surface area contributed by atoms with E-state index in [2.05, 4.69) is 23.2 Å². The van der Waals surface area contributed by atoms with Gasteiger partial charge in [0.2, 0.25) is 0 Å². The Kier molecular flexibility index (Phi) is 7.75. The predicted octanol–water partition coefficient (Wildman–Crippen LogP) is 4.04. The van der Waals surface area contributed by atoms with Crippen LogP contribution in [0.4, 0.5) is 5.69 Å². The summed E-state index contributed by atoms with van der Waals surface area (Å²) in [6.07, 6.45) is 2.23. The fourth-order valence-electron chi connectivity index (χ4n) is 3.70. The van der Waals surface area contributed by atoms with Gasteiger partial charge >= 0.3 is 5.97 Å². The van der Waals surface area contributed by atoms with Crippen LogP contribution >= 0.6 is 11.3 Å². The molecule has 1 aromatic carbocycles. The Morgan fingerprint density at radius 2 is 2.00 bits per heavy atom. The molecule has 0 radical (unpaired) electrons. The minimum absolute atomic E-state index is 0.0129. The van der Waals surface area contributed by atoms with Crippen molar-refractivity contribution in [3.8, 4) is 0 Å². The number of nitrogens with zero attached hydrogens (tertiary/aromatic N) is 2. The lowest BCUT2D eigenvalue weighted by molar-refractivity contribution is -0.384. The van der Waals surface area contributed by atoms with Gasteiger partial charge in [0.25, 0.3) is 11.6 Å². The van der Waals surface area contributed by atoms with Crippen LogP contribution in [0.5, 0.6) is 0 Å². The number of amides is 1. The molecule has 0 bridgehead atoms. The Balaban J connectivity index is 1.77. The molecule has 1 saturated heterocycles. The normalized spacial score (nSPS) is 15.9. The number of piperidine rings is 1. The van der Waals surface area contributed by atoms with Crippen LogP contribution < -0.4 is 5.32 Å². The van der Waals surface area contributed by atoms with Gasteiger partial charge in [0.05, 0.1) is 23.1 Å². The van der Waals surface area contributed by atoms with Crippen molar-refractivity contribution in [3.05, 3.63) is 61.8 Å². The highest BCUT2D eigenvalue weighted by Gasteiger charge is 2.26. The van der Waals surface area contributed by atoms with Gasteiger partial charge in [0.15, 0.2) is 0 Å². The van der Waals surface area contributed by atoms with Crippen LogP contribution in [0.2, 0.25) is 0 Å². The maximum absolute atomic E-state index is 12.9. The average Bonchev–Trinajstić information content (AvgIpc) is 3.29. The Morgan fingerprint density at radius 1 is 1.29 bits per heavy atom. The number of hydrogen-bond acceptors (Lipinski definition) is 7. The van der Waals surface area contributed by atoms with Crippen LogP contribution in [-0.4, -0.2) is 47.9 Å². The second kappa shape index (κ2) is 10.5. The minimum atomic E-state index is -0.695. The molecule has 0 spiro atoms. The summed E-state index contributed by atoms with van der Waals surface area (Å²) in [5.74, 6) is -0.457. The lowest BCUT2D eigenvalue weighted by Gasteiger charge is -2.36. The highest BCUT2D eigenvalue weighted by Crippen LogP contribution is 2.29. The molecular formula is C22H27N3O5S. The van der Waals surface area contributed by atoms with Crippen molar-refractivity contribution in [2.45, 2.75) is 32.7 Å². The Labute approximate surface area is 185 Å². The molecule has 1 atom stereocenters. The number of ether oxygens (including phenoxy) is 1. The Bertz CT molecular complexity index is 923. The van der Waals surface area contributed by atoms with Gasteiger partial charge in [-0.3, -0.25) is 19.8 Å². The van der Waals surface area contributed by atoms with E-state index in [4.69, 9.17) is 4.74 Å². The van der Waals surface area contributed by atoms with Gasteiger partial charge in [-0.05, 0) is 56.3 Å². The van der Waals surface area contributed by atoms with Gasteiger partial charge in [0, 0.05) is 29.1 Å². The van der Waals surface area contributed by atoms with Crippen LogP contribution in [0.1, 0.15) is 58.3 Å². The number of thiophene rings is 1. The van der Waals surface area contributed by atoms with Crippen molar-refractivity contribution >= 4 is 28.9 Å². The monoisotopic (exact) mass is 445 g/mol. The molecular weight excluding hydrogens is 418 g/mol. The van der Waals surface area contributed by atoms with Crippen molar-refractivity contribution in [1.82, 2.24) is 10.2 Å². The number of carbonyl (C=O) groups excluding carboxylic acids is 2. The molecule has 1 fully saturated rings. The van der Waals surface area contributed by atoms with E-state index in [-0.39, 0.29) is 29.5 Å². The first-order valence-electron chi connectivity index (χ1n) is 10.4. The zero-order valence-corrected chi connectivity index (χ0v) is 18.5. The maximum atomic E-state index is 12.9. The first-order chi connectivity index (χ1) is 14.9. The summed E-state index contributed by atoms with van der Waals surface area (Å²) in [5.41, 5.74) is -0.272. The zero-order chi connectivity index (χ0) is 22.4. The Hall–Kier alpha value is -2.78. The third-order valence-electron chi connectivity index (χ3n) is 5.49. The summed E-state index contributed by atoms with van der Waals surface area (Å²) in [7, 11) is 0. The second-order valence-corrected chi connectivity index (χ2v) is 8.69. The van der Waals surface area contributed by atoms with E-state index in [1.165, 1.54) is 17.0 Å². The fourth-order valence-corrected chi connectivity index (χ4v) is 4.56. The topological polar surface area (TPSA) is 102 Å². The van der Waals surface area contributed by atoms with E-state index in [1.807, 2.05) is 11.4 Å². The SMILES string of the molecule is CCOC(=O)c1cc(C(=O)NCC(c2cccs2)N2CCC(C)CC2)cc([N+](=O)[O-])c1. The van der Waals surface area contributed by atoms with Crippen molar-refractivity contribution in [3.63, 3.8) is 0 Å². The van der Waals surface area contributed by atoms with Gasteiger partial charge in [-0.25, -0.2) is 4.79 Å². The van der Waals surface area contributed by atoms with Gasteiger partial charge in [-0.1, -0.05) is 13.0 Å². The highest BCUT2D eigenvalue weighted by atomic mass is 32.1. The first-order valence-corrected chi connectivity index (χ1v) is 11.3. The van der Waals surface area contributed by atoms with Crippen molar-refractivity contribution in [1.29, 1.82) is 0 Å². The molecule has 1 amide bonds. The number of benzene rings is 1. The molecule has 1 aromatic heterocycles. The summed E-state index contributed by atoms with van der Waals surface area (Å²) in [4.78, 5) is 39.1. The van der Waals surface area contributed by atoms with Crippen LogP contribution in [-0.2, 0) is 4.74 Å². The summed E-state index contributed by atoms with van der Waals surface area (Å²) in [6, 6.07) is 7.74. The van der Waals surface area contributed by atoms with Crippen LogP contribution in [0.15, 0.2) is 35.7 Å². The standard InChI is InChI=1S/C22H27N3O5S/c1-3-30-22(27)17-11-16(12-18(13-17)25(28)29)21(26)23-14-19(20-5-4-10-31-20)24-8-6-15(2)7-9-24/h4-5,10-13,15,19H,3,6-9,14H2,1-2H3,(H,23,26). The molecule has 1 aliphatic rings. The summed E-state index contributed by atoms with van der Waals surface area (Å²) in [6.45, 7) is 6.34. The number of carbonyl (C=O) groups is 2. The molecule has 3 rings (SSSR count). The quantitative estimate of drug-likeness (QED) is 0.374. The Morgan fingerprint density at radius 3 is 2.61 bits per heavy atom. The number of esters is 1. The minimum Gasteiger partial charge on any atom is -0.462 e. The van der Waals surface area contributed by atoms with Crippen LogP contribution in [0, 0.1) is 16.0 Å². The van der Waals surface area contributed by atoms with E-state index in [0.717, 1.165) is 32.0 Å². The number of nitrogens with one attached hydrogen (secondary N) is 1. The van der Waals surface area contributed by atoms with Crippen molar-refractivity contribution in [2.75, 3.05) is 26.2 Å². The molecule has 2 heterocycles. The average molecular weight is 446 g/mol. The fraction of sp³-hybridized carbons (Fsp3) is 0.455. The lowest BCUT2D eigenvalue weighted by Crippen LogP contribution is -2.41. The summed E-state index contributed by atoms with van der Waals surface area (Å²) < 4.78 is 4.93. The number of nitro benzene ring substituents is 1. The first kappa shape index (κ1) is 22.9. The molecule has 166 valence electrons. The van der Waals surface area contributed by atoms with Crippen molar-refractivity contribution < 1.29 is 19.2 Å². The van der Waals surface area contributed by atoms with Gasteiger partial charge in [-0.2, -0.15) is 0 Å². The second-order valence-electron chi connectivity index (χ2n) is 7.71. The number of nitro groups is 1. The van der Waals surface area contributed by atoms with E-state index in [0.29, 0.717) is 12.5 Å². The molecule has 1 aliphatic heterocycles. The molecule has 31 heavy (non-hydrogen) atoms. The molecule has 0 saturated carbocycles. The van der Waals surface area contributed by atoms with Gasteiger partial charge < -0.3 is 10.1 Å². The molecule has 9 heteroatoms. The maximum Gasteiger partial charge on any atom is 0.338 e. The third-order valence-corrected chi connectivity index (χ3v) is 6.46. The van der Waals surface area contributed by atoms with Gasteiger partial charge in [0.1, 0.15) is 0 Å². The number of non-ortho nitro benzene ring substituents is 1. The lowest BCUT2D eigenvalue weighted by atomic mass is 9.97.